The second-order valence-electron chi connectivity index (χ2n) is 7.23. The molecule has 0 unspecified atom stereocenters. The minimum absolute atomic E-state index is 0.0781. The number of benzene rings is 1. The van der Waals surface area contributed by atoms with Gasteiger partial charge in [-0.15, -0.1) is 10.1 Å². The van der Waals surface area contributed by atoms with E-state index in [1.165, 1.54) is 0 Å². The largest absolute Gasteiger partial charge is 0.507 e. The molecule has 1 aromatic carbocycles. The average Bonchev–Trinajstić information content (AvgIpc) is 2.64. The fourth-order valence-corrected chi connectivity index (χ4v) is 3.51. The highest BCUT2D eigenvalue weighted by Gasteiger charge is 2.44. The third-order valence-corrected chi connectivity index (χ3v) is 4.98. The van der Waals surface area contributed by atoms with Crippen LogP contribution in [0.1, 0.15) is 43.7 Å². The van der Waals surface area contributed by atoms with Crippen LogP contribution in [0.4, 0.5) is 8.78 Å². The zero-order valence-corrected chi connectivity index (χ0v) is 16.6. The zero-order valence-electron chi connectivity index (χ0n) is 16.6. The molecule has 2 rings (SSSR count). The van der Waals surface area contributed by atoms with Crippen LogP contribution in [0.5, 0.6) is 11.5 Å². The summed E-state index contributed by atoms with van der Waals surface area (Å²) >= 11 is 0. The van der Waals surface area contributed by atoms with E-state index in [1.807, 2.05) is 19.9 Å². The first kappa shape index (κ1) is 23.1. The minimum atomic E-state index is -4.20. The summed E-state index contributed by atoms with van der Waals surface area (Å²) < 4.78 is 33.2. The number of esters is 1. The summed E-state index contributed by atoms with van der Waals surface area (Å²) in [5, 5.41) is 29.7. The summed E-state index contributed by atoms with van der Waals surface area (Å²) in [6.07, 6.45) is 3.41. The summed E-state index contributed by atoms with van der Waals surface area (Å²) in [5.41, 5.74) is 0.975. The first-order valence-electron chi connectivity index (χ1n) is 9.16. The predicted molar refractivity (Wildman–Crippen MR) is 102 cm³/mol. The van der Waals surface area contributed by atoms with Crippen molar-refractivity contribution < 1.29 is 38.4 Å². The number of hydrogen-bond donors (Lipinski definition) is 2. The Morgan fingerprint density at radius 2 is 1.93 bits per heavy atom. The molecule has 0 saturated heterocycles. The van der Waals surface area contributed by atoms with Crippen molar-refractivity contribution in [1.82, 2.24) is 0 Å². The third kappa shape index (κ3) is 5.05. The fraction of sp³-hybridized carbons (Fsp3) is 0.450. The first-order chi connectivity index (χ1) is 13.9. The maximum atomic E-state index is 14.4. The van der Waals surface area contributed by atoms with Crippen molar-refractivity contribution in [1.29, 1.82) is 0 Å². The quantitative estimate of drug-likeness (QED) is 0.212. The number of rotatable bonds is 8. The number of ether oxygens (including phenoxy) is 1. The number of carbonyl (C=O) groups excluding carboxylic acids is 1. The van der Waals surface area contributed by atoms with Crippen molar-refractivity contribution >= 4 is 5.97 Å². The van der Waals surface area contributed by atoms with Gasteiger partial charge in [0, 0.05) is 17.0 Å². The van der Waals surface area contributed by atoms with E-state index in [-0.39, 0.29) is 11.5 Å². The van der Waals surface area contributed by atoms with E-state index in [1.54, 1.807) is 0 Å². The molecular weight excluding hydrogens is 404 g/mol. The lowest BCUT2D eigenvalue weighted by Crippen LogP contribution is -2.29. The molecule has 10 heteroatoms. The number of phenols is 2. The molecule has 0 aliphatic heterocycles. The molecule has 2 N–H and O–H groups in total. The molecule has 0 bridgehead atoms. The second kappa shape index (κ2) is 9.10. The molecule has 1 aliphatic carbocycles. The Labute approximate surface area is 171 Å². The van der Waals surface area contributed by atoms with E-state index < -0.39 is 53.2 Å². The fourth-order valence-electron chi connectivity index (χ4n) is 3.51. The first-order valence-corrected chi connectivity index (χ1v) is 9.16. The van der Waals surface area contributed by atoms with Crippen molar-refractivity contribution in [2.75, 3.05) is 13.2 Å². The van der Waals surface area contributed by atoms with E-state index in [4.69, 9.17) is 0 Å². The van der Waals surface area contributed by atoms with Gasteiger partial charge >= 0.3 is 11.9 Å². The topological polar surface area (TPSA) is 119 Å². The second-order valence-corrected chi connectivity index (χ2v) is 7.23. The van der Waals surface area contributed by atoms with Crippen molar-refractivity contribution in [2.24, 2.45) is 5.92 Å². The Morgan fingerprint density at radius 1 is 1.33 bits per heavy atom. The van der Waals surface area contributed by atoms with Gasteiger partial charge in [-0.2, -0.15) is 8.78 Å². The molecule has 0 fully saturated rings. The van der Waals surface area contributed by atoms with Crippen molar-refractivity contribution in [3.8, 4) is 11.5 Å². The van der Waals surface area contributed by atoms with Gasteiger partial charge in [-0.3, -0.25) is 0 Å². The zero-order chi connectivity index (χ0) is 22.6. The predicted octanol–water partition coefficient (Wildman–Crippen LogP) is 3.96. The van der Waals surface area contributed by atoms with Crippen LogP contribution in [0.15, 0.2) is 35.9 Å². The van der Waals surface area contributed by atoms with Gasteiger partial charge in [0.25, 0.3) is 5.09 Å². The van der Waals surface area contributed by atoms with Crippen LogP contribution in [-0.4, -0.2) is 34.5 Å². The van der Waals surface area contributed by atoms with E-state index in [0.717, 1.165) is 24.0 Å². The molecule has 1 aromatic rings. The van der Waals surface area contributed by atoms with Crippen LogP contribution in [0.25, 0.3) is 0 Å². The number of carbonyl (C=O) groups is 1. The number of phenolic OH excluding ortho intramolecular Hbond substituents is 2. The molecule has 0 amide bonds. The summed E-state index contributed by atoms with van der Waals surface area (Å²) in [6.45, 7) is 6.19. The lowest BCUT2D eigenvalue weighted by molar-refractivity contribution is -0.757. The average molecular weight is 427 g/mol. The monoisotopic (exact) mass is 427 g/mol. The summed E-state index contributed by atoms with van der Waals surface area (Å²) in [4.78, 5) is 25.6. The van der Waals surface area contributed by atoms with Crippen molar-refractivity contribution in [3.63, 3.8) is 0 Å². The Balaban J connectivity index is 2.30. The van der Waals surface area contributed by atoms with Crippen molar-refractivity contribution in [2.45, 2.75) is 38.5 Å². The van der Waals surface area contributed by atoms with E-state index >= 15 is 0 Å². The lowest BCUT2D eigenvalue weighted by atomic mass is 9.73. The highest BCUT2D eigenvalue weighted by Crippen LogP contribution is 2.47. The molecule has 0 heterocycles. The van der Waals surface area contributed by atoms with E-state index in [2.05, 4.69) is 16.2 Å². The molecule has 164 valence electrons. The standard InChI is InChI=1S/C20H23F2NO7/c1-11(2)14-5-4-12(3)8-15(14)18-16(24)9-13(10-17(18)25)20(21,22)19(26)29-6-7-30-23(27)28/h8-10,14-15,24-25H,1,4-7H2,2-3H3/t14-,15+/m0/s1. The number of allylic oxidation sites excluding steroid dienone is 3. The van der Waals surface area contributed by atoms with Gasteiger partial charge in [-0.25, -0.2) is 4.79 Å². The highest BCUT2D eigenvalue weighted by atomic mass is 19.3. The molecule has 2 atom stereocenters. The molecule has 8 nitrogen and oxygen atoms in total. The molecule has 1 aliphatic rings. The van der Waals surface area contributed by atoms with Crippen LogP contribution in [0, 0.1) is 16.0 Å². The van der Waals surface area contributed by atoms with Gasteiger partial charge in [0.15, 0.2) is 0 Å². The number of aromatic hydroxyl groups is 2. The normalized spacial score (nSPS) is 19.0. The molecular formula is C20H23F2NO7. The van der Waals surface area contributed by atoms with Crippen molar-refractivity contribution in [3.05, 3.63) is 57.2 Å². The van der Waals surface area contributed by atoms with Crippen LogP contribution in [0.3, 0.4) is 0 Å². The third-order valence-electron chi connectivity index (χ3n) is 4.98. The molecule has 0 spiro atoms. The van der Waals surface area contributed by atoms with Crippen LogP contribution in [-0.2, 0) is 20.3 Å². The van der Waals surface area contributed by atoms with Gasteiger partial charge in [-0.05, 0) is 44.7 Å². The molecule has 0 aromatic heterocycles. The van der Waals surface area contributed by atoms with Gasteiger partial charge in [0.05, 0.1) is 0 Å². The lowest BCUT2D eigenvalue weighted by Gasteiger charge is -2.31. The number of halogens is 2. The maximum Gasteiger partial charge on any atom is 0.382 e. The number of nitrogens with zero attached hydrogens (tertiary/aromatic N) is 1. The van der Waals surface area contributed by atoms with Crippen LogP contribution < -0.4 is 0 Å². The van der Waals surface area contributed by atoms with Gasteiger partial charge in [-0.1, -0.05) is 23.8 Å². The Morgan fingerprint density at radius 3 is 2.47 bits per heavy atom. The maximum absolute atomic E-state index is 14.4. The Kier molecular flexibility index (Phi) is 7.01. The number of hydrogen-bond acceptors (Lipinski definition) is 7. The van der Waals surface area contributed by atoms with Crippen LogP contribution >= 0.6 is 0 Å². The summed E-state index contributed by atoms with van der Waals surface area (Å²) in [5.74, 6) is -7.91. The number of alkyl halides is 2. The molecule has 30 heavy (non-hydrogen) atoms. The summed E-state index contributed by atoms with van der Waals surface area (Å²) in [7, 11) is 0. The highest BCUT2D eigenvalue weighted by molar-refractivity contribution is 5.80. The molecule has 0 saturated carbocycles. The van der Waals surface area contributed by atoms with Gasteiger partial charge < -0.3 is 19.8 Å². The van der Waals surface area contributed by atoms with Crippen LogP contribution in [0.2, 0.25) is 0 Å². The van der Waals surface area contributed by atoms with Gasteiger partial charge in [0.2, 0.25) is 0 Å². The molecule has 0 radical (unpaired) electrons. The SMILES string of the molecule is C=C(C)[C@@H]1CCC(C)=C[C@H]1c1c(O)cc(C(F)(F)C(=O)OCCO[N+](=O)[O-])cc1O. The van der Waals surface area contributed by atoms with Gasteiger partial charge in [0.1, 0.15) is 24.7 Å². The van der Waals surface area contributed by atoms with E-state index in [0.29, 0.717) is 12.1 Å². The Bertz CT molecular complexity index is 859. The Hall–Kier alpha value is -3.17. The minimum Gasteiger partial charge on any atom is -0.507 e. The smallest absolute Gasteiger partial charge is 0.382 e. The van der Waals surface area contributed by atoms with E-state index in [9.17, 15) is 33.9 Å². The summed E-state index contributed by atoms with van der Waals surface area (Å²) in [6, 6.07) is 1.41.